The number of aliphatic hydroxyl groups is 1. The molecule has 3 nitrogen and oxygen atoms in total. The molecule has 0 aromatic heterocycles. The molecule has 3 rings (SSSR count). The fourth-order valence-electron chi connectivity index (χ4n) is 3.01. The molecule has 23 heavy (non-hydrogen) atoms. The summed E-state index contributed by atoms with van der Waals surface area (Å²) in [5.74, 6) is 0. The van der Waals surface area contributed by atoms with Crippen LogP contribution >= 0.6 is 15.9 Å². The van der Waals surface area contributed by atoms with Gasteiger partial charge in [-0.15, -0.1) is 0 Å². The number of hydrogen-bond donors (Lipinski definition) is 1. The molecule has 1 saturated heterocycles. The Hall–Kier alpha value is -1.78. The van der Waals surface area contributed by atoms with E-state index in [0.717, 1.165) is 27.9 Å². The molecule has 2 aliphatic heterocycles. The van der Waals surface area contributed by atoms with Crippen molar-refractivity contribution in [3.05, 3.63) is 64.2 Å². The highest BCUT2D eigenvalue weighted by Gasteiger charge is 2.30. The number of aliphatic hydroxyl groups excluding tert-OH is 1. The van der Waals surface area contributed by atoms with Crippen molar-refractivity contribution < 1.29 is 5.11 Å². The van der Waals surface area contributed by atoms with Gasteiger partial charge in [0.05, 0.1) is 0 Å². The summed E-state index contributed by atoms with van der Waals surface area (Å²) in [6.45, 7) is 7.63. The lowest BCUT2D eigenvalue weighted by atomic mass is 10.1. The molecule has 4 heteroatoms. The zero-order valence-electron chi connectivity index (χ0n) is 13.5. The van der Waals surface area contributed by atoms with Gasteiger partial charge in [-0.05, 0) is 42.3 Å². The number of nitrogens with zero attached hydrogens (tertiary/aromatic N) is 2. The molecule has 1 fully saturated rings. The van der Waals surface area contributed by atoms with Gasteiger partial charge in [0.1, 0.15) is 0 Å². The molecule has 0 spiro atoms. The number of anilines is 2. The molecule has 120 valence electrons. The normalized spacial score (nSPS) is 23.0. The maximum Gasteiger partial charge on any atom is 0.153 e. The lowest BCUT2D eigenvalue weighted by molar-refractivity contribution is 0.222. The van der Waals surface area contributed by atoms with Gasteiger partial charge in [0, 0.05) is 41.6 Å². The van der Waals surface area contributed by atoms with Gasteiger partial charge in [-0.25, -0.2) is 0 Å². The molecule has 0 radical (unpaired) electrons. The Morgan fingerprint density at radius 3 is 2.96 bits per heavy atom. The Morgan fingerprint density at radius 2 is 2.22 bits per heavy atom. The van der Waals surface area contributed by atoms with Gasteiger partial charge in [0.15, 0.2) is 6.23 Å². The zero-order chi connectivity index (χ0) is 16.6. The second-order valence-corrected chi connectivity index (χ2v) is 6.82. The van der Waals surface area contributed by atoms with Gasteiger partial charge in [-0.2, -0.15) is 0 Å². The third-order valence-electron chi connectivity index (χ3n) is 4.34. The molecule has 0 aliphatic carbocycles. The Bertz CT molecular complexity index is 733. The highest BCUT2D eigenvalue weighted by molar-refractivity contribution is 9.11. The number of fused-ring (bicyclic) bond motifs is 1. The maximum absolute atomic E-state index is 10.7. The van der Waals surface area contributed by atoms with Crippen LogP contribution in [0.4, 0.5) is 11.4 Å². The highest BCUT2D eigenvalue weighted by Crippen LogP contribution is 2.35. The smallest absolute Gasteiger partial charge is 0.153 e. The van der Waals surface area contributed by atoms with Crippen LogP contribution in [-0.4, -0.2) is 31.5 Å². The number of benzene rings is 1. The van der Waals surface area contributed by atoms with E-state index in [0.29, 0.717) is 6.54 Å². The SMILES string of the molecule is C=C1CN(c2ccc3c(c2)C=CCN3C)C(O)/C1=C/C(Br)=C\C. The van der Waals surface area contributed by atoms with Crippen LogP contribution in [-0.2, 0) is 0 Å². The lowest BCUT2D eigenvalue weighted by Gasteiger charge is -2.27. The summed E-state index contributed by atoms with van der Waals surface area (Å²) in [6, 6.07) is 6.32. The average Bonchev–Trinajstić information content (AvgIpc) is 2.82. The molecule has 2 heterocycles. The molecule has 1 atom stereocenters. The summed E-state index contributed by atoms with van der Waals surface area (Å²) in [5, 5.41) is 10.7. The molecule has 1 aromatic rings. The predicted octanol–water partition coefficient (Wildman–Crippen LogP) is 4.07. The second kappa shape index (κ2) is 6.38. The fourth-order valence-corrected chi connectivity index (χ4v) is 3.26. The largest absolute Gasteiger partial charge is 0.370 e. The van der Waals surface area contributed by atoms with Gasteiger partial charge < -0.3 is 14.9 Å². The number of halogens is 1. The van der Waals surface area contributed by atoms with E-state index in [1.807, 2.05) is 24.0 Å². The van der Waals surface area contributed by atoms with E-state index >= 15 is 0 Å². The van der Waals surface area contributed by atoms with Crippen molar-refractivity contribution in [3.8, 4) is 0 Å². The minimum Gasteiger partial charge on any atom is -0.370 e. The lowest BCUT2D eigenvalue weighted by Crippen LogP contribution is -2.30. The molecular weight excluding hydrogens is 352 g/mol. The van der Waals surface area contributed by atoms with E-state index in [9.17, 15) is 5.11 Å². The summed E-state index contributed by atoms with van der Waals surface area (Å²) in [6.07, 6.45) is 7.52. The van der Waals surface area contributed by atoms with Gasteiger partial charge >= 0.3 is 0 Å². The Morgan fingerprint density at radius 1 is 1.43 bits per heavy atom. The van der Waals surface area contributed by atoms with E-state index in [1.165, 1.54) is 11.3 Å². The van der Waals surface area contributed by atoms with E-state index < -0.39 is 6.23 Å². The van der Waals surface area contributed by atoms with Crippen LogP contribution in [0.3, 0.4) is 0 Å². The van der Waals surface area contributed by atoms with E-state index in [-0.39, 0.29) is 0 Å². The summed E-state index contributed by atoms with van der Waals surface area (Å²) >= 11 is 3.47. The number of hydrogen-bond acceptors (Lipinski definition) is 3. The standard InChI is InChI=1S/C19H21BrN2O/c1-4-15(20)11-17-13(2)12-22(19(17)23)16-7-8-18-14(10-16)6-5-9-21(18)3/h4-8,10-11,19,23H,2,9,12H2,1,3H3/b15-4+,17-11+. The van der Waals surface area contributed by atoms with E-state index in [1.54, 1.807) is 0 Å². The van der Waals surface area contributed by atoms with Gasteiger partial charge in [0.25, 0.3) is 0 Å². The fraction of sp³-hybridized carbons (Fsp3) is 0.263. The number of allylic oxidation sites excluding steroid dienone is 3. The second-order valence-electron chi connectivity index (χ2n) is 5.90. The molecule has 0 bridgehead atoms. The van der Waals surface area contributed by atoms with Crippen molar-refractivity contribution in [2.24, 2.45) is 0 Å². The van der Waals surface area contributed by atoms with Crippen LogP contribution in [0.2, 0.25) is 0 Å². The van der Waals surface area contributed by atoms with E-state index in [2.05, 4.69) is 64.8 Å². The first-order chi connectivity index (χ1) is 11.0. The Labute approximate surface area is 146 Å². The maximum atomic E-state index is 10.7. The monoisotopic (exact) mass is 372 g/mol. The van der Waals surface area contributed by atoms with Crippen LogP contribution in [0.1, 0.15) is 12.5 Å². The third-order valence-corrected chi connectivity index (χ3v) is 5.03. The van der Waals surface area contributed by atoms with Crippen LogP contribution < -0.4 is 9.80 Å². The molecule has 1 unspecified atom stereocenters. The summed E-state index contributed by atoms with van der Waals surface area (Å²) in [5.41, 5.74) is 5.22. The van der Waals surface area contributed by atoms with Crippen molar-refractivity contribution in [2.45, 2.75) is 13.2 Å². The van der Waals surface area contributed by atoms with Crippen molar-refractivity contribution in [1.29, 1.82) is 0 Å². The van der Waals surface area contributed by atoms with Gasteiger partial charge in [0.2, 0.25) is 0 Å². The van der Waals surface area contributed by atoms with Gasteiger partial charge in [-0.1, -0.05) is 40.7 Å². The topological polar surface area (TPSA) is 26.7 Å². The summed E-state index contributed by atoms with van der Waals surface area (Å²) in [4.78, 5) is 4.19. The van der Waals surface area contributed by atoms with Crippen molar-refractivity contribution >= 4 is 33.4 Å². The summed E-state index contributed by atoms with van der Waals surface area (Å²) < 4.78 is 0.949. The minimum absolute atomic E-state index is 0.634. The predicted molar refractivity (Wildman–Crippen MR) is 102 cm³/mol. The third kappa shape index (κ3) is 3.01. The van der Waals surface area contributed by atoms with E-state index in [4.69, 9.17) is 0 Å². The van der Waals surface area contributed by atoms with Crippen molar-refractivity contribution in [3.63, 3.8) is 0 Å². The quantitative estimate of drug-likeness (QED) is 0.847. The average molecular weight is 373 g/mol. The number of likely N-dealkylation sites (N-methyl/N-ethyl adjacent to an activating group) is 1. The molecule has 2 aliphatic rings. The van der Waals surface area contributed by atoms with Gasteiger partial charge in [-0.3, -0.25) is 0 Å². The Balaban J connectivity index is 1.93. The molecule has 1 aromatic carbocycles. The van der Waals surface area contributed by atoms with Crippen molar-refractivity contribution in [2.75, 3.05) is 29.9 Å². The molecule has 0 amide bonds. The van der Waals surface area contributed by atoms with Crippen LogP contribution in [0.25, 0.3) is 6.08 Å². The first kappa shape index (κ1) is 16.1. The van der Waals surface area contributed by atoms with Crippen LogP contribution in [0.5, 0.6) is 0 Å². The molecule has 1 N–H and O–H groups in total. The highest BCUT2D eigenvalue weighted by atomic mass is 79.9. The van der Waals surface area contributed by atoms with Crippen LogP contribution in [0, 0.1) is 0 Å². The first-order valence-electron chi connectivity index (χ1n) is 7.69. The summed E-state index contributed by atoms with van der Waals surface area (Å²) in [7, 11) is 2.09. The van der Waals surface area contributed by atoms with Crippen molar-refractivity contribution in [1.82, 2.24) is 0 Å². The zero-order valence-corrected chi connectivity index (χ0v) is 15.0. The first-order valence-corrected chi connectivity index (χ1v) is 8.48. The Kier molecular flexibility index (Phi) is 4.46. The number of rotatable bonds is 2. The minimum atomic E-state index is -0.668. The molecular formula is C19H21BrN2O. The van der Waals surface area contributed by atoms with Crippen LogP contribution in [0.15, 0.2) is 58.6 Å². The molecule has 0 saturated carbocycles.